The third kappa shape index (κ3) is 2.55. The molecule has 1 aromatic carbocycles. The maximum Gasteiger partial charge on any atom is 0.225 e. The second-order valence-electron chi connectivity index (χ2n) is 6.30. The van der Waals surface area contributed by atoms with Crippen LogP contribution in [0.1, 0.15) is 25.7 Å². The fourth-order valence-corrected chi connectivity index (χ4v) is 3.33. The average molecular weight is 332 g/mol. The molecular weight excluding hydrogens is 316 g/mol. The molecule has 8 heteroatoms. The summed E-state index contributed by atoms with van der Waals surface area (Å²) in [5.41, 5.74) is 3.09. The Kier molecular flexibility index (Phi) is 3.26. The molecule has 3 aromatic heterocycles. The van der Waals surface area contributed by atoms with Crippen LogP contribution >= 0.6 is 0 Å². The van der Waals surface area contributed by atoms with Crippen molar-refractivity contribution in [2.45, 2.75) is 31.7 Å². The van der Waals surface area contributed by atoms with Crippen molar-refractivity contribution >= 4 is 28.0 Å². The summed E-state index contributed by atoms with van der Waals surface area (Å²) in [6, 6.07) is 8.25. The largest absolute Gasteiger partial charge is 0.351 e. The maximum absolute atomic E-state index is 4.64. The highest BCUT2D eigenvalue weighted by molar-refractivity contribution is 5.81. The molecule has 0 unspecified atom stereocenters. The molecule has 5 rings (SSSR count). The number of aromatic nitrogens is 7. The van der Waals surface area contributed by atoms with E-state index in [0.717, 1.165) is 16.6 Å². The highest BCUT2D eigenvalue weighted by Gasteiger charge is 2.17. The van der Waals surface area contributed by atoms with E-state index in [4.69, 9.17) is 0 Å². The normalized spacial score (nSPS) is 15.2. The molecule has 4 aromatic rings. The second-order valence-corrected chi connectivity index (χ2v) is 6.30. The van der Waals surface area contributed by atoms with Crippen molar-refractivity contribution in [3.63, 3.8) is 0 Å². The molecule has 0 aliphatic heterocycles. The molecule has 0 saturated heterocycles. The van der Waals surface area contributed by atoms with Crippen LogP contribution in [0.15, 0.2) is 36.7 Å². The molecule has 0 radical (unpaired) electrons. The van der Waals surface area contributed by atoms with E-state index in [1.165, 1.54) is 25.7 Å². The first kappa shape index (κ1) is 14.2. The van der Waals surface area contributed by atoms with Crippen LogP contribution in [-0.4, -0.2) is 41.2 Å². The molecule has 0 spiro atoms. The summed E-state index contributed by atoms with van der Waals surface area (Å²) >= 11 is 0. The quantitative estimate of drug-likeness (QED) is 0.616. The zero-order valence-electron chi connectivity index (χ0n) is 13.5. The molecule has 1 aliphatic carbocycles. The predicted molar refractivity (Wildman–Crippen MR) is 93.4 cm³/mol. The van der Waals surface area contributed by atoms with Crippen molar-refractivity contribution in [1.29, 1.82) is 0 Å². The molecule has 0 amide bonds. The lowest BCUT2D eigenvalue weighted by atomic mass is 10.2. The fraction of sp³-hybridized carbons (Fsp3) is 0.294. The SMILES string of the molecule is c1cc2cc(-n3nnc4cnc(NC5CCCC5)nc43)ccc2nn1. The summed E-state index contributed by atoms with van der Waals surface area (Å²) in [7, 11) is 0. The molecule has 1 saturated carbocycles. The minimum absolute atomic E-state index is 0.459. The summed E-state index contributed by atoms with van der Waals surface area (Å²) in [5, 5.41) is 20.9. The van der Waals surface area contributed by atoms with E-state index >= 15 is 0 Å². The number of fused-ring (bicyclic) bond motifs is 2. The topological polar surface area (TPSA) is 94.3 Å². The molecule has 3 heterocycles. The summed E-state index contributed by atoms with van der Waals surface area (Å²) in [4.78, 5) is 9.01. The highest BCUT2D eigenvalue weighted by Crippen LogP contribution is 2.22. The lowest BCUT2D eigenvalue weighted by Gasteiger charge is -2.11. The molecule has 0 bridgehead atoms. The van der Waals surface area contributed by atoms with Gasteiger partial charge in [-0.25, -0.2) is 4.98 Å². The summed E-state index contributed by atoms with van der Waals surface area (Å²) in [6.07, 6.45) is 8.26. The molecule has 1 aliphatic rings. The van der Waals surface area contributed by atoms with E-state index < -0.39 is 0 Å². The Morgan fingerprint density at radius 2 is 1.96 bits per heavy atom. The van der Waals surface area contributed by atoms with Gasteiger partial charge in [-0.1, -0.05) is 18.1 Å². The Balaban J connectivity index is 1.57. The van der Waals surface area contributed by atoms with Crippen molar-refractivity contribution in [1.82, 2.24) is 35.2 Å². The van der Waals surface area contributed by atoms with E-state index in [2.05, 4.69) is 35.8 Å². The average Bonchev–Trinajstić information content (AvgIpc) is 3.31. The molecular formula is C17H16N8. The highest BCUT2D eigenvalue weighted by atomic mass is 15.4. The van der Waals surface area contributed by atoms with Gasteiger partial charge in [0.15, 0.2) is 11.2 Å². The van der Waals surface area contributed by atoms with Gasteiger partial charge in [0.25, 0.3) is 0 Å². The molecule has 25 heavy (non-hydrogen) atoms. The van der Waals surface area contributed by atoms with Crippen LogP contribution in [0.4, 0.5) is 5.95 Å². The minimum Gasteiger partial charge on any atom is -0.351 e. The van der Waals surface area contributed by atoms with E-state index in [-0.39, 0.29) is 0 Å². The number of rotatable bonds is 3. The van der Waals surface area contributed by atoms with Gasteiger partial charge in [-0.2, -0.15) is 19.9 Å². The van der Waals surface area contributed by atoms with Crippen LogP contribution in [-0.2, 0) is 0 Å². The van der Waals surface area contributed by atoms with Gasteiger partial charge in [-0.05, 0) is 37.1 Å². The first-order valence-corrected chi connectivity index (χ1v) is 8.44. The van der Waals surface area contributed by atoms with Crippen molar-refractivity contribution in [2.24, 2.45) is 0 Å². The molecule has 0 atom stereocenters. The van der Waals surface area contributed by atoms with Crippen molar-refractivity contribution in [3.05, 3.63) is 36.7 Å². The standard InChI is InChI=1S/C17H16N8/c1-2-4-12(3-1)20-17-18-10-15-16(21-17)25(24-23-15)13-5-6-14-11(9-13)7-8-19-22-14/h5-10,12H,1-4H2,(H,18,20,21). The predicted octanol–water partition coefficient (Wildman–Crippen LogP) is 2.51. The van der Waals surface area contributed by atoms with E-state index in [0.29, 0.717) is 23.2 Å². The first-order chi connectivity index (χ1) is 12.4. The van der Waals surface area contributed by atoms with Crippen LogP contribution in [0, 0.1) is 0 Å². The van der Waals surface area contributed by atoms with Gasteiger partial charge in [-0.15, -0.1) is 5.10 Å². The van der Waals surface area contributed by atoms with Crippen LogP contribution < -0.4 is 5.32 Å². The molecule has 8 nitrogen and oxygen atoms in total. The number of anilines is 1. The Bertz CT molecular complexity index is 1050. The lowest BCUT2D eigenvalue weighted by molar-refractivity contribution is 0.744. The zero-order valence-corrected chi connectivity index (χ0v) is 13.5. The molecule has 124 valence electrons. The number of nitrogens with one attached hydrogen (secondary N) is 1. The third-order valence-electron chi connectivity index (χ3n) is 4.62. The lowest BCUT2D eigenvalue weighted by Crippen LogP contribution is -2.16. The third-order valence-corrected chi connectivity index (χ3v) is 4.62. The van der Waals surface area contributed by atoms with Crippen LogP contribution in [0.25, 0.3) is 27.8 Å². The summed E-state index contributed by atoms with van der Waals surface area (Å²) < 4.78 is 1.73. The van der Waals surface area contributed by atoms with Gasteiger partial charge in [0.05, 0.1) is 23.6 Å². The number of hydrogen-bond acceptors (Lipinski definition) is 7. The number of nitrogens with zero attached hydrogens (tertiary/aromatic N) is 7. The summed E-state index contributed by atoms with van der Waals surface area (Å²) in [5.74, 6) is 0.634. The van der Waals surface area contributed by atoms with Gasteiger partial charge in [0.2, 0.25) is 5.95 Å². The zero-order chi connectivity index (χ0) is 16.6. The fourth-order valence-electron chi connectivity index (χ4n) is 3.33. The Morgan fingerprint density at radius 1 is 1.04 bits per heavy atom. The van der Waals surface area contributed by atoms with Crippen molar-refractivity contribution in [2.75, 3.05) is 5.32 Å². The van der Waals surface area contributed by atoms with E-state index in [1.807, 2.05) is 24.3 Å². The Labute approximate surface area is 143 Å². The minimum atomic E-state index is 0.459. The van der Waals surface area contributed by atoms with E-state index in [1.54, 1.807) is 17.1 Å². The molecule has 1 fully saturated rings. The van der Waals surface area contributed by atoms with Crippen LogP contribution in [0.5, 0.6) is 0 Å². The number of hydrogen-bond donors (Lipinski definition) is 1. The first-order valence-electron chi connectivity index (χ1n) is 8.44. The second kappa shape index (κ2) is 5.73. The number of benzene rings is 1. The van der Waals surface area contributed by atoms with Crippen LogP contribution in [0.2, 0.25) is 0 Å². The monoisotopic (exact) mass is 332 g/mol. The van der Waals surface area contributed by atoms with E-state index in [9.17, 15) is 0 Å². The van der Waals surface area contributed by atoms with Crippen molar-refractivity contribution in [3.8, 4) is 5.69 Å². The van der Waals surface area contributed by atoms with Crippen molar-refractivity contribution < 1.29 is 0 Å². The van der Waals surface area contributed by atoms with Gasteiger partial charge in [0.1, 0.15) is 0 Å². The Hall–Kier alpha value is -3.16. The Morgan fingerprint density at radius 3 is 2.88 bits per heavy atom. The maximum atomic E-state index is 4.64. The van der Waals surface area contributed by atoms with Crippen LogP contribution in [0.3, 0.4) is 0 Å². The van der Waals surface area contributed by atoms with Gasteiger partial charge in [-0.3, -0.25) is 0 Å². The smallest absolute Gasteiger partial charge is 0.225 e. The van der Waals surface area contributed by atoms with Gasteiger partial charge < -0.3 is 5.32 Å². The van der Waals surface area contributed by atoms with Gasteiger partial charge >= 0.3 is 0 Å². The molecule has 1 N–H and O–H groups in total. The summed E-state index contributed by atoms with van der Waals surface area (Å²) in [6.45, 7) is 0. The van der Waals surface area contributed by atoms with Gasteiger partial charge in [0, 0.05) is 11.4 Å².